The quantitative estimate of drug-likeness (QED) is 0.751. The molecule has 0 radical (unpaired) electrons. The van der Waals surface area contributed by atoms with Crippen molar-refractivity contribution in [1.29, 1.82) is 0 Å². The fourth-order valence-corrected chi connectivity index (χ4v) is 5.27. The highest BCUT2D eigenvalue weighted by Gasteiger charge is 2.29. The first kappa shape index (κ1) is 20.8. The van der Waals surface area contributed by atoms with Gasteiger partial charge in [-0.15, -0.1) is 0 Å². The van der Waals surface area contributed by atoms with Crippen LogP contribution in [0.4, 0.5) is 5.69 Å². The summed E-state index contributed by atoms with van der Waals surface area (Å²) in [7, 11) is -2.02. The second kappa shape index (κ2) is 8.64. The average Bonchev–Trinajstić information content (AvgIpc) is 2.70. The Balaban J connectivity index is 1.81. The van der Waals surface area contributed by atoms with Crippen LogP contribution in [0.2, 0.25) is 5.02 Å². The minimum absolute atomic E-state index is 0.0163. The van der Waals surface area contributed by atoms with E-state index in [0.717, 1.165) is 37.7 Å². The summed E-state index contributed by atoms with van der Waals surface area (Å²) in [6.07, 6.45) is 5.00. The summed E-state index contributed by atoms with van der Waals surface area (Å²) in [6, 6.07) is 11.5. The maximum absolute atomic E-state index is 13.0. The molecule has 0 spiro atoms. The van der Waals surface area contributed by atoms with Gasteiger partial charge in [-0.05, 0) is 55.7 Å². The maximum Gasteiger partial charge on any atom is 0.255 e. The normalized spacial score (nSPS) is 15.6. The summed E-state index contributed by atoms with van der Waals surface area (Å²) < 4.78 is 27.5. The molecule has 2 aromatic carbocycles. The Kier molecular flexibility index (Phi) is 6.43. The standard InChI is InChI=1S/C21H25ClN2O3S/c1-15-11-12-20(19(22)13-15)23-21(25)16-7-6-10-18(14-16)28(26,27)24(2)17-8-4-3-5-9-17/h6-7,10-14,17H,3-5,8-9H2,1-2H3,(H,23,25). The van der Waals surface area contributed by atoms with Gasteiger partial charge in [0.1, 0.15) is 0 Å². The van der Waals surface area contributed by atoms with Gasteiger partial charge in [0.2, 0.25) is 10.0 Å². The van der Waals surface area contributed by atoms with E-state index in [4.69, 9.17) is 11.6 Å². The highest BCUT2D eigenvalue weighted by Crippen LogP contribution is 2.27. The van der Waals surface area contributed by atoms with Crippen molar-refractivity contribution >= 4 is 33.2 Å². The lowest BCUT2D eigenvalue weighted by molar-refractivity contribution is 0.102. The zero-order chi connectivity index (χ0) is 20.3. The molecule has 5 nitrogen and oxygen atoms in total. The van der Waals surface area contributed by atoms with E-state index in [9.17, 15) is 13.2 Å². The summed E-state index contributed by atoms with van der Waals surface area (Å²) in [6.45, 7) is 1.91. The van der Waals surface area contributed by atoms with E-state index in [1.807, 2.05) is 13.0 Å². The molecule has 0 saturated heterocycles. The molecule has 28 heavy (non-hydrogen) atoms. The van der Waals surface area contributed by atoms with Gasteiger partial charge in [0.15, 0.2) is 0 Å². The van der Waals surface area contributed by atoms with E-state index in [1.165, 1.54) is 16.4 Å². The number of carbonyl (C=O) groups excluding carboxylic acids is 1. The average molecular weight is 421 g/mol. The molecule has 1 aliphatic rings. The second-order valence-electron chi connectivity index (χ2n) is 7.28. The topological polar surface area (TPSA) is 66.5 Å². The molecule has 1 fully saturated rings. The van der Waals surface area contributed by atoms with Crippen molar-refractivity contribution in [3.05, 3.63) is 58.6 Å². The predicted molar refractivity (Wildman–Crippen MR) is 112 cm³/mol. The van der Waals surface area contributed by atoms with Gasteiger partial charge in [-0.25, -0.2) is 8.42 Å². The molecule has 0 atom stereocenters. The van der Waals surface area contributed by atoms with Crippen molar-refractivity contribution < 1.29 is 13.2 Å². The van der Waals surface area contributed by atoms with Crippen molar-refractivity contribution in [2.45, 2.75) is 50.0 Å². The van der Waals surface area contributed by atoms with Crippen LogP contribution >= 0.6 is 11.6 Å². The molecule has 0 aromatic heterocycles. The number of halogens is 1. The fourth-order valence-electron chi connectivity index (χ4n) is 3.52. The zero-order valence-corrected chi connectivity index (χ0v) is 17.7. The Labute approximate surface area is 171 Å². The van der Waals surface area contributed by atoms with Crippen molar-refractivity contribution in [1.82, 2.24) is 4.31 Å². The Morgan fingerprint density at radius 1 is 1.11 bits per heavy atom. The lowest BCUT2D eigenvalue weighted by Crippen LogP contribution is -2.38. The third kappa shape index (κ3) is 4.57. The molecule has 1 aliphatic carbocycles. The van der Waals surface area contributed by atoms with Crippen LogP contribution in [0.15, 0.2) is 47.4 Å². The number of sulfonamides is 1. The maximum atomic E-state index is 13.0. The number of rotatable bonds is 5. The third-order valence-electron chi connectivity index (χ3n) is 5.23. The first-order valence-corrected chi connectivity index (χ1v) is 11.3. The van der Waals surface area contributed by atoms with Crippen molar-refractivity contribution in [3.63, 3.8) is 0 Å². The van der Waals surface area contributed by atoms with Crippen LogP contribution in [-0.4, -0.2) is 31.7 Å². The van der Waals surface area contributed by atoms with Gasteiger partial charge in [0.05, 0.1) is 15.6 Å². The van der Waals surface area contributed by atoms with Crippen LogP contribution in [0.5, 0.6) is 0 Å². The fraction of sp³-hybridized carbons (Fsp3) is 0.381. The lowest BCUT2D eigenvalue weighted by Gasteiger charge is -2.30. The van der Waals surface area contributed by atoms with Crippen LogP contribution in [0.1, 0.15) is 48.0 Å². The van der Waals surface area contributed by atoms with Gasteiger partial charge in [-0.2, -0.15) is 4.31 Å². The zero-order valence-electron chi connectivity index (χ0n) is 16.1. The van der Waals surface area contributed by atoms with Gasteiger partial charge in [-0.3, -0.25) is 4.79 Å². The summed E-state index contributed by atoms with van der Waals surface area (Å²) in [5.41, 5.74) is 1.75. The Bertz CT molecular complexity index is 969. The highest BCUT2D eigenvalue weighted by atomic mass is 35.5. The molecule has 0 heterocycles. The van der Waals surface area contributed by atoms with Crippen LogP contribution in [-0.2, 0) is 10.0 Å². The number of carbonyl (C=O) groups is 1. The molecule has 7 heteroatoms. The number of benzene rings is 2. The van der Waals surface area contributed by atoms with Crippen LogP contribution < -0.4 is 5.32 Å². The van der Waals surface area contributed by atoms with E-state index in [0.29, 0.717) is 10.7 Å². The van der Waals surface area contributed by atoms with E-state index in [2.05, 4.69) is 5.32 Å². The van der Waals surface area contributed by atoms with Gasteiger partial charge in [-0.1, -0.05) is 43.0 Å². The van der Waals surface area contributed by atoms with E-state index in [1.54, 1.807) is 31.3 Å². The number of aryl methyl sites for hydroxylation is 1. The Morgan fingerprint density at radius 3 is 2.50 bits per heavy atom. The Morgan fingerprint density at radius 2 is 1.82 bits per heavy atom. The number of nitrogens with zero attached hydrogens (tertiary/aromatic N) is 1. The van der Waals surface area contributed by atoms with Crippen molar-refractivity contribution in [3.8, 4) is 0 Å². The van der Waals surface area contributed by atoms with E-state index >= 15 is 0 Å². The van der Waals surface area contributed by atoms with Crippen LogP contribution in [0.3, 0.4) is 0 Å². The van der Waals surface area contributed by atoms with E-state index < -0.39 is 15.9 Å². The van der Waals surface area contributed by atoms with Crippen molar-refractivity contribution in [2.75, 3.05) is 12.4 Å². The Hall–Kier alpha value is -1.89. The first-order valence-electron chi connectivity index (χ1n) is 9.44. The van der Waals surface area contributed by atoms with Crippen molar-refractivity contribution in [2.24, 2.45) is 0 Å². The molecular weight excluding hydrogens is 396 g/mol. The number of nitrogens with one attached hydrogen (secondary N) is 1. The molecule has 1 N–H and O–H groups in total. The number of hydrogen-bond acceptors (Lipinski definition) is 3. The summed E-state index contributed by atoms with van der Waals surface area (Å²) in [5, 5.41) is 3.18. The minimum atomic E-state index is -3.65. The molecule has 0 aliphatic heterocycles. The largest absolute Gasteiger partial charge is 0.321 e. The minimum Gasteiger partial charge on any atom is -0.321 e. The third-order valence-corrected chi connectivity index (χ3v) is 7.45. The molecule has 0 bridgehead atoms. The SMILES string of the molecule is Cc1ccc(NC(=O)c2cccc(S(=O)(=O)N(C)C3CCCCC3)c2)c(Cl)c1. The molecule has 150 valence electrons. The number of hydrogen-bond donors (Lipinski definition) is 1. The lowest BCUT2D eigenvalue weighted by atomic mass is 9.96. The van der Waals surface area contributed by atoms with Gasteiger partial charge in [0.25, 0.3) is 5.91 Å². The second-order valence-corrected chi connectivity index (χ2v) is 9.68. The molecule has 2 aromatic rings. The molecule has 1 amide bonds. The van der Waals surface area contributed by atoms with Crippen LogP contribution in [0, 0.1) is 6.92 Å². The van der Waals surface area contributed by atoms with Gasteiger partial charge < -0.3 is 5.32 Å². The molecule has 3 rings (SSSR count). The molecule has 1 saturated carbocycles. The summed E-state index contributed by atoms with van der Waals surface area (Å²) >= 11 is 6.18. The highest BCUT2D eigenvalue weighted by molar-refractivity contribution is 7.89. The smallest absolute Gasteiger partial charge is 0.255 e. The van der Waals surface area contributed by atoms with Gasteiger partial charge >= 0.3 is 0 Å². The first-order chi connectivity index (χ1) is 13.3. The predicted octanol–water partition coefficient (Wildman–Crippen LogP) is 4.85. The molecule has 0 unspecified atom stereocenters. The molecular formula is C21H25ClN2O3S. The van der Waals surface area contributed by atoms with E-state index in [-0.39, 0.29) is 16.5 Å². The monoisotopic (exact) mass is 420 g/mol. The number of amides is 1. The number of anilines is 1. The van der Waals surface area contributed by atoms with Gasteiger partial charge in [0, 0.05) is 18.7 Å². The summed E-state index contributed by atoms with van der Waals surface area (Å²) in [4.78, 5) is 12.8. The van der Waals surface area contributed by atoms with Crippen LogP contribution in [0.25, 0.3) is 0 Å². The summed E-state index contributed by atoms with van der Waals surface area (Å²) in [5.74, 6) is -0.400.